The van der Waals surface area contributed by atoms with Gasteiger partial charge in [-0.1, -0.05) is 6.07 Å². The van der Waals surface area contributed by atoms with Crippen LogP contribution in [0.5, 0.6) is 0 Å². The Balaban J connectivity index is 2.39. The molecule has 1 fully saturated rings. The second-order valence-electron chi connectivity index (χ2n) is 4.01. The van der Waals surface area contributed by atoms with Crippen LogP contribution in [0.1, 0.15) is 28.8 Å². The molecular formula is C12H16N2O. The average molecular weight is 204 g/mol. The van der Waals surface area contributed by atoms with Crippen molar-refractivity contribution in [3.8, 4) is 0 Å². The van der Waals surface area contributed by atoms with Crippen LogP contribution in [0.2, 0.25) is 0 Å². The number of amides is 1. The van der Waals surface area contributed by atoms with Crippen molar-refractivity contribution in [3.63, 3.8) is 0 Å². The molecular weight excluding hydrogens is 188 g/mol. The van der Waals surface area contributed by atoms with Gasteiger partial charge in [-0.3, -0.25) is 4.79 Å². The molecule has 1 aliphatic rings. The normalized spacial score (nSPS) is 15.7. The Bertz CT molecular complexity index is 381. The van der Waals surface area contributed by atoms with Crippen molar-refractivity contribution in [2.75, 3.05) is 18.0 Å². The lowest BCUT2D eigenvalue weighted by atomic mass is 10.1. The maximum atomic E-state index is 11.2. The number of carbonyl (C=O) groups excluding carboxylic acids is 1. The van der Waals surface area contributed by atoms with Crippen molar-refractivity contribution in [2.45, 2.75) is 19.8 Å². The highest BCUT2D eigenvalue weighted by Gasteiger charge is 2.16. The lowest BCUT2D eigenvalue weighted by Crippen LogP contribution is -2.21. The standard InChI is InChI=1S/C12H16N2O/c1-9-10(12(13)15)5-4-6-11(9)14-7-2-3-8-14/h4-6H,2-3,7-8H2,1H3,(H2,13,15). The van der Waals surface area contributed by atoms with Crippen LogP contribution >= 0.6 is 0 Å². The number of nitrogens with two attached hydrogens (primary N) is 1. The molecule has 1 aromatic rings. The Morgan fingerprint density at radius 3 is 2.60 bits per heavy atom. The van der Waals surface area contributed by atoms with Crippen molar-refractivity contribution in [3.05, 3.63) is 29.3 Å². The zero-order valence-electron chi connectivity index (χ0n) is 8.99. The summed E-state index contributed by atoms with van der Waals surface area (Å²) in [6, 6.07) is 5.76. The van der Waals surface area contributed by atoms with Crippen molar-refractivity contribution in [1.82, 2.24) is 0 Å². The first-order valence-corrected chi connectivity index (χ1v) is 5.34. The summed E-state index contributed by atoms with van der Waals surface area (Å²) in [4.78, 5) is 13.5. The molecule has 0 bridgehead atoms. The molecule has 3 nitrogen and oxygen atoms in total. The van der Waals surface area contributed by atoms with E-state index in [-0.39, 0.29) is 5.91 Å². The zero-order chi connectivity index (χ0) is 10.8. The van der Waals surface area contributed by atoms with Gasteiger partial charge in [0.1, 0.15) is 0 Å². The van der Waals surface area contributed by atoms with Crippen LogP contribution in [0.4, 0.5) is 5.69 Å². The van der Waals surface area contributed by atoms with Gasteiger partial charge in [0.25, 0.3) is 0 Å². The van der Waals surface area contributed by atoms with Crippen LogP contribution in [0.25, 0.3) is 0 Å². The SMILES string of the molecule is Cc1c(C(N)=O)cccc1N1CCCC1. The van der Waals surface area contributed by atoms with Gasteiger partial charge in [-0.2, -0.15) is 0 Å². The number of hydrogen-bond acceptors (Lipinski definition) is 2. The monoisotopic (exact) mass is 204 g/mol. The van der Waals surface area contributed by atoms with E-state index < -0.39 is 0 Å². The molecule has 1 saturated heterocycles. The van der Waals surface area contributed by atoms with E-state index in [1.807, 2.05) is 13.0 Å². The van der Waals surface area contributed by atoms with Gasteiger partial charge in [0.2, 0.25) is 5.91 Å². The minimum absolute atomic E-state index is 0.339. The molecule has 2 N–H and O–H groups in total. The summed E-state index contributed by atoms with van der Waals surface area (Å²) in [5, 5.41) is 0. The predicted molar refractivity (Wildman–Crippen MR) is 61.1 cm³/mol. The molecule has 0 aliphatic carbocycles. The van der Waals surface area contributed by atoms with Gasteiger partial charge in [0.15, 0.2) is 0 Å². The van der Waals surface area contributed by atoms with Crippen molar-refractivity contribution in [1.29, 1.82) is 0 Å². The second kappa shape index (κ2) is 3.93. The Labute approximate surface area is 89.9 Å². The summed E-state index contributed by atoms with van der Waals surface area (Å²) in [5.41, 5.74) is 8.13. The van der Waals surface area contributed by atoms with E-state index in [1.54, 1.807) is 6.07 Å². The summed E-state index contributed by atoms with van der Waals surface area (Å²) in [6.07, 6.45) is 2.47. The van der Waals surface area contributed by atoms with E-state index in [2.05, 4.69) is 11.0 Å². The van der Waals surface area contributed by atoms with E-state index in [0.29, 0.717) is 5.56 Å². The van der Waals surface area contributed by atoms with E-state index in [1.165, 1.54) is 12.8 Å². The number of hydrogen-bond donors (Lipinski definition) is 1. The van der Waals surface area contributed by atoms with Gasteiger partial charge in [-0.05, 0) is 37.5 Å². The lowest BCUT2D eigenvalue weighted by molar-refractivity contribution is 0.1000. The molecule has 0 spiro atoms. The predicted octanol–water partition coefficient (Wildman–Crippen LogP) is 1.69. The fraction of sp³-hybridized carbons (Fsp3) is 0.417. The third-order valence-electron chi connectivity index (χ3n) is 3.02. The highest BCUT2D eigenvalue weighted by molar-refractivity contribution is 5.95. The minimum atomic E-state index is -0.339. The molecule has 0 aromatic heterocycles. The molecule has 80 valence electrons. The van der Waals surface area contributed by atoms with Crippen molar-refractivity contribution >= 4 is 11.6 Å². The molecule has 0 radical (unpaired) electrons. The van der Waals surface area contributed by atoms with E-state index in [4.69, 9.17) is 5.73 Å². The van der Waals surface area contributed by atoms with E-state index >= 15 is 0 Å². The topological polar surface area (TPSA) is 46.3 Å². The van der Waals surface area contributed by atoms with Gasteiger partial charge in [0, 0.05) is 24.3 Å². The molecule has 1 aliphatic heterocycles. The first-order valence-electron chi connectivity index (χ1n) is 5.34. The van der Waals surface area contributed by atoms with Crippen LogP contribution in [0.15, 0.2) is 18.2 Å². The number of primary amides is 1. The Morgan fingerprint density at radius 1 is 1.33 bits per heavy atom. The fourth-order valence-electron chi connectivity index (χ4n) is 2.19. The largest absolute Gasteiger partial charge is 0.371 e. The summed E-state index contributed by atoms with van der Waals surface area (Å²) in [5.74, 6) is -0.339. The molecule has 1 amide bonds. The first-order chi connectivity index (χ1) is 7.20. The van der Waals surface area contributed by atoms with Crippen LogP contribution in [-0.4, -0.2) is 19.0 Å². The summed E-state index contributed by atoms with van der Waals surface area (Å²) < 4.78 is 0. The summed E-state index contributed by atoms with van der Waals surface area (Å²) in [6.45, 7) is 4.14. The van der Waals surface area contributed by atoms with Gasteiger partial charge in [-0.15, -0.1) is 0 Å². The quantitative estimate of drug-likeness (QED) is 0.797. The number of anilines is 1. The van der Waals surface area contributed by atoms with Crippen molar-refractivity contribution in [2.24, 2.45) is 5.73 Å². The zero-order valence-corrected chi connectivity index (χ0v) is 8.99. The van der Waals surface area contributed by atoms with Crippen molar-refractivity contribution < 1.29 is 4.79 Å². The highest BCUT2D eigenvalue weighted by Crippen LogP contribution is 2.26. The fourth-order valence-corrected chi connectivity index (χ4v) is 2.19. The van der Waals surface area contributed by atoms with Gasteiger partial charge >= 0.3 is 0 Å². The molecule has 2 rings (SSSR count). The summed E-state index contributed by atoms with van der Waals surface area (Å²) in [7, 11) is 0. The molecule has 3 heteroatoms. The van der Waals surface area contributed by atoms with Crippen LogP contribution in [-0.2, 0) is 0 Å². The molecule has 0 saturated carbocycles. The second-order valence-corrected chi connectivity index (χ2v) is 4.01. The molecule has 0 atom stereocenters. The molecule has 15 heavy (non-hydrogen) atoms. The van der Waals surface area contributed by atoms with Crippen LogP contribution in [0.3, 0.4) is 0 Å². The van der Waals surface area contributed by atoms with Crippen LogP contribution in [0, 0.1) is 6.92 Å². The maximum Gasteiger partial charge on any atom is 0.249 e. The minimum Gasteiger partial charge on any atom is -0.371 e. The molecule has 1 aromatic carbocycles. The Morgan fingerprint density at radius 2 is 2.00 bits per heavy atom. The third-order valence-corrected chi connectivity index (χ3v) is 3.02. The summed E-state index contributed by atoms with van der Waals surface area (Å²) >= 11 is 0. The number of benzene rings is 1. The van der Waals surface area contributed by atoms with E-state index in [9.17, 15) is 4.79 Å². The smallest absolute Gasteiger partial charge is 0.249 e. The van der Waals surface area contributed by atoms with E-state index in [0.717, 1.165) is 24.3 Å². The van der Waals surface area contributed by atoms with Gasteiger partial charge < -0.3 is 10.6 Å². The average Bonchev–Trinajstić information content (AvgIpc) is 2.70. The maximum absolute atomic E-state index is 11.2. The van der Waals surface area contributed by atoms with Crippen LogP contribution < -0.4 is 10.6 Å². The third kappa shape index (κ3) is 1.82. The van der Waals surface area contributed by atoms with Gasteiger partial charge in [0.05, 0.1) is 0 Å². The number of rotatable bonds is 2. The van der Waals surface area contributed by atoms with Gasteiger partial charge in [-0.25, -0.2) is 0 Å². The Kier molecular flexibility index (Phi) is 2.62. The lowest BCUT2D eigenvalue weighted by Gasteiger charge is -2.21. The molecule has 0 unspecified atom stereocenters. The number of carbonyl (C=O) groups is 1. The molecule has 1 heterocycles. The highest BCUT2D eigenvalue weighted by atomic mass is 16.1. The number of nitrogens with zero attached hydrogens (tertiary/aromatic N) is 1. The first kappa shape index (κ1) is 10.0. The Hall–Kier alpha value is -1.51.